The number of aromatic nitrogens is 2. The lowest BCUT2D eigenvalue weighted by Crippen LogP contribution is -2.44. The van der Waals surface area contributed by atoms with Crippen LogP contribution in [0.2, 0.25) is 0 Å². The Kier molecular flexibility index (Phi) is 5.03. The number of fused-ring (bicyclic) bond motifs is 3. The van der Waals surface area contributed by atoms with Crippen molar-refractivity contribution in [3.8, 4) is 5.69 Å². The molecule has 7 heteroatoms. The van der Waals surface area contributed by atoms with Crippen LogP contribution in [-0.4, -0.2) is 38.1 Å². The third-order valence-electron chi connectivity index (χ3n) is 6.59. The maximum absolute atomic E-state index is 13.5. The molecule has 6 rings (SSSR count). The van der Waals surface area contributed by atoms with Gasteiger partial charge in [-0.3, -0.25) is 9.59 Å². The van der Waals surface area contributed by atoms with Crippen molar-refractivity contribution in [1.82, 2.24) is 14.7 Å². The lowest BCUT2D eigenvalue weighted by atomic mass is 9.83. The van der Waals surface area contributed by atoms with Crippen LogP contribution in [0.5, 0.6) is 0 Å². The number of ketones is 1. The van der Waals surface area contributed by atoms with E-state index in [9.17, 15) is 9.59 Å². The van der Waals surface area contributed by atoms with Gasteiger partial charge in [-0.15, -0.1) is 0 Å². The van der Waals surface area contributed by atoms with Gasteiger partial charge in [-0.05, 0) is 42.8 Å². The Morgan fingerprint density at radius 3 is 2.57 bits per heavy atom. The van der Waals surface area contributed by atoms with E-state index in [4.69, 9.17) is 5.10 Å². The van der Waals surface area contributed by atoms with Crippen molar-refractivity contribution < 1.29 is 9.59 Å². The average molecular weight is 462 g/mol. The number of allylic oxidation sites excluding steroid dienone is 2. The predicted molar refractivity (Wildman–Crippen MR) is 134 cm³/mol. The van der Waals surface area contributed by atoms with Gasteiger partial charge in [0.1, 0.15) is 0 Å². The molecule has 2 unspecified atom stereocenters. The van der Waals surface area contributed by atoms with Gasteiger partial charge in [-0.2, -0.15) is 15.2 Å². The molecule has 172 valence electrons. The topological polar surface area (TPSA) is 70.8 Å². The number of nitrogens with zero attached hydrogens (tertiary/aromatic N) is 5. The number of hydrogen-bond donors (Lipinski definition) is 0. The fourth-order valence-corrected chi connectivity index (χ4v) is 4.87. The van der Waals surface area contributed by atoms with Gasteiger partial charge in [0.15, 0.2) is 5.78 Å². The Labute approximate surface area is 203 Å². The zero-order chi connectivity index (χ0) is 23.9. The number of amides is 1. The number of anilines is 1. The molecule has 7 nitrogen and oxygen atoms in total. The van der Waals surface area contributed by atoms with E-state index in [0.717, 1.165) is 17.0 Å². The number of hydrazone groups is 1. The summed E-state index contributed by atoms with van der Waals surface area (Å²) >= 11 is 0. The zero-order valence-corrected chi connectivity index (χ0v) is 19.2. The lowest BCUT2D eigenvalue weighted by molar-refractivity contribution is -0.114. The first-order valence-electron chi connectivity index (χ1n) is 11.5. The molecule has 3 heterocycles. The summed E-state index contributed by atoms with van der Waals surface area (Å²) in [6.07, 6.45) is 13.9. The summed E-state index contributed by atoms with van der Waals surface area (Å²) in [6.45, 7) is 2.15. The molecule has 1 aliphatic carbocycles. The van der Waals surface area contributed by atoms with Crippen LogP contribution in [0.3, 0.4) is 0 Å². The lowest BCUT2D eigenvalue weighted by Gasteiger charge is -2.38. The minimum absolute atomic E-state index is 0.0455. The number of carbonyl (C=O) groups is 2. The van der Waals surface area contributed by atoms with Crippen LogP contribution in [0.25, 0.3) is 5.69 Å². The third-order valence-corrected chi connectivity index (χ3v) is 6.59. The number of rotatable bonds is 5. The number of carbonyl (C=O) groups excluding carboxylic acids is 2. The third kappa shape index (κ3) is 3.61. The molecule has 1 amide bonds. The van der Waals surface area contributed by atoms with Crippen LogP contribution in [0.4, 0.5) is 5.69 Å². The van der Waals surface area contributed by atoms with Gasteiger partial charge in [0, 0.05) is 36.6 Å². The van der Waals surface area contributed by atoms with E-state index in [1.807, 2.05) is 53.5 Å². The molecular formula is C28H23N5O2. The normalized spacial score (nSPS) is 20.4. The fourth-order valence-electron chi connectivity index (χ4n) is 4.87. The average Bonchev–Trinajstić information content (AvgIpc) is 3.54. The minimum Gasteiger partial charge on any atom is -0.365 e. The fraction of sp³-hybridized carbons (Fsp3) is 0.143. The Morgan fingerprint density at radius 1 is 1.00 bits per heavy atom. The number of benzene rings is 2. The molecular weight excluding hydrogens is 438 g/mol. The summed E-state index contributed by atoms with van der Waals surface area (Å²) < 4.78 is 1.82. The molecule has 3 aliphatic rings. The van der Waals surface area contributed by atoms with Crippen molar-refractivity contribution >= 4 is 23.1 Å². The molecule has 0 bridgehead atoms. The molecule has 0 N–H and O–H groups in total. The molecule has 0 radical (unpaired) electrons. The van der Waals surface area contributed by atoms with E-state index in [2.05, 4.69) is 34.3 Å². The maximum atomic E-state index is 13.5. The molecule has 2 aliphatic heterocycles. The molecule has 0 fully saturated rings. The summed E-state index contributed by atoms with van der Waals surface area (Å²) in [5, 5.41) is 10.4. The molecule has 1 aromatic heterocycles. The molecule has 0 spiro atoms. The smallest absolute Gasteiger partial charge is 0.282 e. The first kappa shape index (κ1) is 21.0. The molecule has 3 aromatic rings. The van der Waals surface area contributed by atoms with Crippen LogP contribution in [0.1, 0.15) is 22.8 Å². The van der Waals surface area contributed by atoms with Crippen molar-refractivity contribution in [2.24, 2.45) is 11.0 Å². The Balaban J connectivity index is 1.34. The Hall–Kier alpha value is -4.52. The van der Waals surface area contributed by atoms with Crippen LogP contribution in [-0.2, 0) is 11.3 Å². The predicted octanol–water partition coefficient (Wildman–Crippen LogP) is 4.29. The van der Waals surface area contributed by atoms with Crippen LogP contribution >= 0.6 is 0 Å². The van der Waals surface area contributed by atoms with Crippen LogP contribution in [0, 0.1) is 5.92 Å². The second-order valence-electron chi connectivity index (χ2n) is 8.79. The van der Waals surface area contributed by atoms with Gasteiger partial charge < -0.3 is 4.90 Å². The highest BCUT2D eigenvalue weighted by molar-refractivity contribution is 6.32. The highest BCUT2D eigenvalue weighted by atomic mass is 16.2. The molecule has 2 atom stereocenters. The Morgan fingerprint density at radius 2 is 1.80 bits per heavy atom. The van der Waals surface area contributed by atoms with E-state index >= 15 is 0 Å². The summed E-state index contributed by atoms with van der Waals surface area (Å²) in [5.74, 6) is -0.369. The van der Waals surface area contributed by atoms with E-state index < -0.39 is 0 Å². The second kappa shape index (κ2) is 8.36. The van der Waals surface area contributed by atoms with Gasteiger partial charge >= 0.3 is 0 Å². The SMILES string of the molecule is CC(=O)c1ccccc1N1N=C2C(=CN(Cc3ccc(-n4cccn4)cc3)C3C=CC=CC23)C1=O. The zero-order valence-electron chi connectivity index (χ0n) is 19.2. The van der Waals surface area contributed by atoms with Gasteiger partial charge in [-0.1, -0.05) is 48.6 Å². The van der Waals surface area contributed by atoms with E-state index in [1.165, 1.54) is 11.9 Å². The van der Waals surface area contributed by atoms with Gasteiger partial charge in [-0.25, -0.2) is 4.68 Å². The summed E-state index contributed by atoms with van der Waals surface area (Å²) in [6, 6.07) is 17.3. The first-order valence-corrected chi connectivity index (χ1v) is 11.5. The summed E-state index contributed by atoms with van der Waals surface area (Å²) in [4.78, 5) is 27.9. The number of hydrogen-bond acceptors (Lipinski definition) is 5. The highest BCUT2D eigenvalue weighted by Crippen LogP contribution is 2.36. The van der Waals surface area contributed by atoms with Gasteiger partial charge in [0.05, 0.1) is 28.7 Å². The molecule has 0 saturated carbocycles. The minimum atomic E-state index is -0.214. The van der Waals surface area contributed by atoms with E-state index in [1.54, 1.807) is 24.4 Å². The maximum Gasteiger partial charge on any atom is 0.282 e. The number of para-hydroxylation sites is 1. The van der Waals surface area contributed by atoms with Crippen LogP contribution < -0.4 is 5.01 Å². The monoisotopic (exact) mass is 461 g/mol. The molecule has 0 saturated heterocycles. The summed E-state index contributed by atoms with van der Waals surface area (Å²) in [7, 11) is 0. The largest absolute Gasteiger partial charge is 0.365 e. The van der Waals surface area contributed by atoms with E-state index in [-0.39, 0.29) is 23.7 Å². The number of Topliss-reactive ketones (excluding diaryl/α,β-unsaturated/α-hetero) is 1. The summed E-state index contributed by atoms with van der Waals surface area (Å²) in [5.41, 5.74) is 4.43. The molecule has 35 heavy (non-hydrogen) atoms. The van der Waals surface area contributed by atoms with Crippen LogP contribution in [0.15, 0.2) is 108 Å². The first-order chi connectivity index (χ1) is 17.1. The second-order valence-corrected chi connectivity index (χ2v) is 8.79. The Bertz CT molecular complexity index is 1430. The molecule has 2 aromatic carbocycles. The van der Waals surface area contributed by atoms with Crippen molar-refractivity contribution in [3.05, 3.63) is 114 Å². The van der Waals surface area contributed by atoms with Crippen molar-refractivity contribution in [2.45, 2.75) is 19.5 Å². The van der Waals surface area contributed by atoms with E-state index in [0.29, 0.717) is 23.4 Å². The van der Waals surface area contributed by atoms with Crippen molar-refractivity contribution in [3.63, 3.8) is 0 Å². The van der Waals surface area contributed by atoms with Crippen molar-refractivity contribution in [1.29, 1.82) is 0 Å². The van der Waals surface area contributed by atoms with Crippen molar-refractivity contribution in [2.75, 3.05) is 5.01 Å². The van der Waals surface area contributed by atoms with Gasteiger partial charge in [0.25, 0.3) is 5.91 Å². The quantitative estimate of drug-likeness (QED) is 0.532. The standard InChI is InChI=1S/C28H23N5O2/c1-19(34)22-7-2-5-10-26(22)33-28(35)24-18-31(25-9-4-3-8-23(25)27(24)30-33)17-20-11-13-21(14-12-20)32-16-6-15-29-32/h2-16,18,23,25H,17H2,1H3. The highest BCUT2D eigenvalue weighted by Gasteiger charge is 2.43. The van der Waals surface area contributed by atoms with Gasteiger partial charge in [0.2, 0.25) is 0 Å².